The SMILES string of the molecule is CO/N=C(\CN(C)C(=O)c1cc(Cl)cc(Cl)c1)C(CCN1CCC(N2CCCN(CCO)C2=O)CC1)c1ccc(Cl)c(Cl)c1. The van der Waals surface area contributed by atoms with E-state index in [-0.39, 0.29) is 37.0 Å². The van der Waals surface area contributed by atoms with E-state index in [1.807, 2.05) is 17.0 Å². The number of carbonyl (C=O) groups is 2. The van der Waals surface area contributed by atoms with E-state index in [0.717, 1.165) is 51.0 Å². The van der Waals surface area contributed by atoms with Gasteiger partial charge in [0.2, 0.25) is 0 Å². The molecule has 9 nitrogen and oxygen atoms in total. The fourth-order valence-corrected chi connectivity index (χ4v) is 6.86. The maximum absolute atomic E-state index is 13.3. The molecular weight excluding hydrogens is 648 g/mol. The van der Waals surface area contributed by atoms with Crippen molar-refractivity contribution < 1.29 is 19.5 Å². The van der Waals surface area contributed by atoms with Gasteiger partial charge < -0.3 is 29.5 Å². The topological polar surface area (TPSA) is 88.9 Å². The van der Waals surface area contributed by atoms with Crippen molar-refractivity contribution in [2.24, 2.45) is 5.16 Å². The van der Waals surface area contributed by atoms with Gasteiger partial charge in [0, 0.05) is 67.3 Å². The van der Waals surface area contributed by atoms with Crippen LogP contribution in [-0.2, 0) is 4.84 Å². The van der Waals surface area contributed by atoms with E-state index in [4.69, 9.17) is 51.2 Å². The number of likely N-dealkylation sites (tertiary alicyclic amines) is 1. The van der Waals surface area contributed by atoms with E-state index in [1.165, 1.54) is 7.11 Å². The first-order valence-electron chi connectivity index (χ1n) is 14.8. The average molecular weight is 687 g/mol. The first-order chi connectivity index (χ1) is 21.1. The first-order valence-corrected chi connectivity index (χ1v) is 16.3. The van der Waals surface area contributed by atoms with Crippen LogP contribution >= 0.6 is 46.4 Å². The van der Waals surface area contributed by atoms with Gasteiger partial charge in [0.25, 0.3) is 5.91 Å². The molecule has 2 aliphatic heterocycles. The Kier molecular flexibility index (Phi) is 12.8. The maximum atomic E-state index is 13.3. The molecule has 0 aliphatic carbocycles. The number of urea groups is 1. The highest BCUT2D eigenvalue weighted by molar-refractivity contribution is 6.42. The molecule has 0 aromatic heterocycles. The van der Waals surface area contributed by atoms with Crippen LogP contribution in [0.3, 0.4) is 0 Å². The summed E-state index contributed by atoms with van der Waals surface area (Å²) in [5, 5.41) is 15.4. The normalized spacial score (nSPS) is 17.6. The number of amides is 3. The average Bonchev–Trinajstić information content (AvgIpc) is 2.99. The predicted octanol–water partition coefficient (Wildman–Crippen LogP) is 6.13. The van der Waals surface area contributed by atoms with Gasteiger partial charge in [0.15, 0.2) is 0 Å². The molecule has 2 fully saturated rings. The zero-order valence-electron chi connectivity index (χ0n) is 25.0. The van der Waals surface area contributed by atoms with Crippen molar-refractivity contribution in [1.82, 2.24) is 19.6 Å². The highest BCUT2D eigenvalue weighted by Crippen LogP contribution is 2.31. The number of aliphatic hydroxyl groups is 1. The molecule has 13 heteroatoms. The van der Waals surface area contributed by atoms with Crippen LogP contribution in [0.2, 0.25) is 20.1 Å². The molecule has 0 bridgehead atoms. The number of hydrogen-bond donors (Lipinski definition) is 1. The number of β-amino-alcohol motifs (C(OH)–C–C–N with tert-alkyl or cyclic N) is 1. The molecule has 2 aliphatic rings. The number of aliphatic hydroxyl groups excluding tert-OH is 1. The van der Waals surface area contributed by atoms with Gasteiger partial charge in [-0.05, 0) is 68.1 Å². The molecule has 3 amide bonds. The molecular formula is C31H39Cl4N5O4. The fourth-order valence-electron chi connectivity index (χ4n) is 6.03. The van der Waals surface area contributed by atoms with Crippen LogP contribution in [0, 0.1) is 0 Å². The maximum Gasteiger partial charge on any atom is 0.320 e. The lowest BCUT2D eigenvalue weighted by Gasteiger charge is -2.43. The number of piperidine rings is 1. The number of hydrogen-bond acceptors (Lipinski definition) is 6. The van der Waals surface area contributed by atoms with E-state index in [2.05, 4.69) is 10.1 Å². The van der Waals surface area contributed by atoms with Gasteiger partial charge in [-0.1, -0.05) is 57.6 Å². The Morgan fingerprint density at radius 1 is 1.02 bits per heavy atom. The summed E-state index contributed by atoms with van der Waals surface area (Å²) in [6.07, 6.45) is 3.38. The van der Waals surface area contributed by atoms with E-state index < -0.39 is 0 Å². The lowest BCUT2D eigenvalue weighted by molar-refractivity contribution is 0.0726. The number of rotatable bonds is 12. The lowest BCUT2D eigenvalue weighted by atomic mass is 9.89. The van der Waals surface area contributed by atoms with Crippen molar-refractivity contribution in [3.05, 3.63) is 67.6 Å². The van der Waals surface area contributed by atoms with Gasteiger partial charge in [-0.15, -0.1) is 0 Å². The van der Waals surface area contributed by atoms with Gasteiger partial charge in [-0.25, -0.2) is 4.79 Å². The summed E-state index contributed by atoms with van der Waals surface area (Å²) < 4.78 is 0. The highest BCUT2D eigenvalue weighted by Gasteiger charge is 2.33. The number of oxime groups is 1. The van der Waals surface area contributed by atoms with Crippen LogP contribution in [0.1, 0.15) is 47.5 Å². The van der Waals surface area contributed by atoms with E-state index in [1.54, 1.807) is 41.1 Å². The van der Waals surface area contributed by atoms with E-state index >= 15 is 0 Å². The summed E-state index contributed by atoms with van der Waals surface area (Å²) in [6.45, 7) is 4.49. The molecule has 4 rings (SSSR count). The molecule has 0 saturated carbocycles. The Morgan fingerprint density at radius 2 is 1.73 bits per heavy atom. The number of halogens is 4. The molecule has 1 N–H and O–H groups in total. The van der Waals surface area contributed by atoms with Crippen LogP contribution in [-0.4, -0.2) is 115 Å². The quantitative estimate of drug-likeness (QED) is 0.214. The second-order valence-corrected chi connectivity index (χ2v) is 12.9. The summed E-state index contributed by atoms with van der Waals surface area (Å²) in [7, 11) is 3.18. The Hall–Kier alpha value is -2.27. The molecule has 240 valence electrons. The Morgan fingerprint density at radius 3 is 2.36 bits per heavy atom. The van der Waals surface area contributed by atoms with Gasteiger partial charge in [-0.3, -0.25) is 4.79 Å². The van der Waals surface area contributed by atoms with Crippen LogP contribution in [0.25, 0.3) is 0 Å². The van der Waals surface area contributed by atoms with E-state index in [9.17, 15) is 14.7 Å². The van der Waals surface area contributed by atoms with Crippen molar-refractivity contribution in [3.63, 3.8) is 0 Å². The van der Waals surface area contributed by atoms with Gasteiger partial charge >= 0.3 is 6.03 Å². The van der Waals surface area contributed by atoms with Crippen molar-refractivity contribution in [1.29, 1.82) is 0 Å². The molecule has 2 aromatic rings. The molecule has 1 atom stereocenters. The Bertz CT molecular complexity index is 1320. The van der Waals surface area contributed by atoms with Crippen molar-refractivity contribution in [2.45, 2.75) is 37.6 Å². The molecule has 1 unspecified atom stereocenters. The fraction of sp³-hybridized carbons (Fsp3) is 0.516. The summed E-state index contributed by atoms with van der Waals surface area (Å²) in [5.74, 6) is -0.464. The largest absolute Gasteiger partial charge is 0.399 e. The zero-order chi connectivity index (χ0) is 31.8. The third-order valence-electron chi connectivity index (χ3n) is 8.26. The number of carbonyl (C=O) groups excluding carboxylic acids is 2. The molecule has 0 spiro atoms. The minimum Gasteiger partial charge on any atom is -0.399 e. The van der Waals surface area contributed by atoms with E-state index in [0.29, 0.717) is 50.9 Å². The third kappa shape index (κ3) is 8.92. The zero-order valence-corrected chi connectivity index (χ0v) is 28.0. The molecule has 2 saturated heterocycles. The van der Waals surface area contributed by atoms with Crippen LogP contribution < -0.4 is 0 Å². The van der Waals surface area contributed by atoms with Gasteiger partial charge in [-0.2, -0.15) is 0 Å². The molecule has 0 radical (unpaired) electrons. The second kappa shape index (κ2) is 16.3. The minimum absolute atomic E-state index is 0.0225. The predicted molar refractivity (Wildman–Crippen MR) is 177 cm³/mol. The first kappa shape index (κ1) is 34.6. The molecule has 2 heterocycles. The van der Waals surface area contributed by atoms with Crippen molar-refractivity contribution in [2.75, 3.05) is 66.6 Å². The summed E-state index contributed by atoms with van der Waals surface area (Å²) >= 11 is 25.0. The Labute approximate surface area is 279 Å². The Balaban J connectivity index is 1.46. The van der Waals surface area contributed by atoms with Crippen molar-refractivity contribution in [3.8, 4) is 0 Å². The van der Waals surface area contributed by atoms with Gasteiger partial charge in [0.05, 0.1) is 28.9 Å². The smallest absolute Gasteiger partial charge is 0.320 e. The van der Waals surface area contributed by atoms with Gasteiger partial charge in [0.1, 0.15) is 7.11 Å². The van der Waals surface area contributed by atoms with Crippen LogP contribution in [0.4, 0.5) is 4.79 Å². The molecule has 44 heavy (non-hydrogen) atoms. The third-order valence-corrected chi connectivity index (χ3v) is 9.43. The lowest BCUT2D eigenvalue weighted by Crippen LogP contribution is -2.56. The summed E-state index contributed by atoms with van der Waals surface area (Å²) in [6, 6.07) is 10.5. The van der Waals surface area contributed by atoms with Crippen molar-refractivity contribution >= 4 is 64.1 Å². The second-order valence-electron chi connectivity index (χ2n) is 11.2. The number of nitrogens with zero attached hydrogens (tertiary/aromatic N) is 5. The summed E-state index contributed by atoms with van der Waals surface area (Å²) in [5.41, 5.74) is 1.95. The van der Waals surface area contributed by atoms with Crippen LogP contribution in [0.5, 0.6) is 0 Å². The standard InChI is InChI=1S/C31H39Cl4N5O4/c1-37(30(42)22-16-23(32)19-24(33)17-22)20-29(36-44-2)26(21-4-5-27(34)28(35)18-21)8-13-38-11-6-25(7-12-38)40-10-3-9-39(14-15-41)31(40)43/h4-5,16-19,25-26,41H,3,6-15,20H2,1-2H3/b36-29+. The van der Waals surface area contributed by atoms with Crippen LogP contribution in [0.15, 0.2) is 41.6 Å². The number of benzene rings is 2. The summed E-state index contributed by atoms with van der Waals surface area (Å²) in [4.78, 5) is 39.2. The monoisotopic (exact) mass is 685 g/mol. The minimum atomic E-state index is -0.252. The molecule has 2 aromatic carbocycles. The highest BCUT2D eigenvalue weighted by atomic mass is 35.5.